The first-order chi connectivity index (χ1) is 45.3. The van der Waals surface area contributed by atoms with E-state index < -0.39 is 32.9 Å². The van der Waals surface area contributed by atoms with E-state index in [1.807, 2.05) is 36.4 Å². The Bertz CT molecular complexity index is 2740. The summed E-state index contributed by atoms with van der Waals surface area (Å²) in [4.78, 5) is 7.43. The Labute approximate surface area is 681 Å². The molecule has 0 saturated heterocycles. The summed E-state index contributed by atoms with van der Waals surface area (Å²) in [5, 5.41) is 10.2. The van der Waals surface area contributed by atoms with Gasteiger partial charge in [-0.15, -0.1) is 11.4 Å². The molecule has 5 aromatic carbocycles. The quantitative estimate of drug-likeness (QED) is 0.0325. The largest absolute Gasteiger partial charge is 2.00 e. The molecule has 0 radical (unpaired) electrons. The fourth-order valence-corrected chi connectivity index (χ4v) is 27.0. The van der Waals surface area contributed by atoms with Crippen molar-refractivity contribution in [3.63, 3.8) is 0 Å². The number of methoxy groups -OCH3 is 4. The Morgan fingerprint density at radius 3 is 0.620 bits per heavy atom. The summed E-state index contributed by atoms with van der Waals surface area (Å²) in [7, 11) is 2.18. The zero-order valence-corrected chi connectivity index (χ0v) is 79.2. The van der Waals surface area contributed by atoms with Gasteiger partial charge in [0.2, 0.25) is 11.4 Å². The number of rotatable bonds is 26. The summed E-state index contributed by atoms with van der Waals surface area (Å²) >= 11 is 0. The first-order valence-electron chi connectivity index (χ1n) is 36.3. The molecule has 0 atom stereocenters. The molecule has 5 aromatic rings. The normalized spacial score (nSPS) is 12.2. The summed E-state index contributed by atoms with van der Waals surface area (Å²) in [6, 6.07) is 38.5. The molecule has 0 spiro atoms. The molecule has 5 rings (SSSR count). The van der Waals surface area contributed by atoms with Gasteiger partial charge in [-0.2, -0.15) is 11.4 Å². The van der Waals surface area contributed by atoms with E-state index in [2.05, 4.69) is 331 Å². The minimum atomic E-state index is -1.11. The van der Waals surface area contributed by atoms with Crippen molar-refractivity contribution in [1.29, 1.82) is 0 Å². The van der Waals surface area contributed by atoms with Crippen LogP contribution in [0.2, 0.25) is 78.6 Å². The number of nitrogens with one attached hydrogen (secondary N) is 2. The zero-order valence-electron chi connectivity index (χ0n) is 70.8. The molecule has 0 aliphatic heterocycles. The minimum absolute atomic E-state index is 0. The van der Waals surface area contributed by atoms with Crippen molar-refractivity contribution in [3.8, 4) is 0 Å². The van der Waals surface area contributed by atoms with Crippen LogP contribution in [0.5, 0.6) is 0 Å². The van der Waals surface area contributed by atoms with Crippen LogP contribution in [0.15, 0.2) is 133 Å². The van der Waals surface area contributed by atoms with Gasteiger partial charge in [-0.05, 0) is 59.5 Å². The second-order valence-corrected chi connectivity index (χ2v) is 51.0. The van der Waals surface area contributed by atoms with E-state index in [4.69, 9.17) is 19.9 Å². The monoisotopic (exact) mass is 1490 g/mol. The van der Waals surface area contributed by atoms with E-state index in [0.717, 1.165) is 34.2 Å². The van der Waals surface area contributed by atoms with Gasteiger partial charge < -0.3 is 38.9 Å². The summed E-state index contributed by atoms with van der Waals surface area (Å²) in [6.45, 7) is 74.8. The molecule has 0 unspecified atom stereocenters. The maximum atomic E-state index is 5.10. The van der Waals surface area contributed by atoms with E-state index >= 15 is 0 Å². The third-order valence-electron chi connectivity index (χ3n) is 14.5. The number of hydrogen-bond donors (Lipinski definition) is 2. The number of allylic oxidation sites excluding steroid dienone is 4. The molecule has 0 heterocycles. The van der Waals surface area contributed by atoms with Crippen LogP contribution >= 0.6 is 0 Å². The number of para-hydroxylation sites is 4. The molecular formula is C84H146Ca2N6O4Si4+2. The minimum Gasteiger partial charge on any atom is -0.668 e. The van der Waals surface area contributed by atoms with E-state index in [1.165, 1.54) is 55.9 Å². The van der Waals surface area contributed by atoms with Crippen LogP contribution in [-0.4, -0.2) is 175 Å². The van der Waals surface area contributed by atoms with E-state index in [-0.39, 0.29) is 75.5 Å². The van der Waals surface area contributed by atoms with Crippen molar-refractivity contribution in [3.05, 3.63) is 197 Å². The Balaban J connectivity index is -0.000000611. The fraction of sp³-hybridized carbons (Fsp3) is 0.571. The molecule has 0 aliphatic rings. The van der Waals surface area contributed by atoms with Crippen LogP contribution in [0, 0.1) is 0 Å². The molecule has 0 aliphatic carbocycles. The molecular weight excluding hydrogens is 1350 g/mol. The van der Waals surface area contributed by atoms with Gasteiger partial charge in [0.25, 0.3) is 0 Å². The van der Waals surface area contributed by atoms with Gasteiger partial charge in [0.1, 0.15) is 0 Å². The van der Waals surface area contributed by atoms with Gasteiger partial charge in [0.15, 0.2) is 11.4 Å². The zero-order chi connectivity index (χ0) is 75.9. The molecule has 0 saturated carbocycles. The molecule has 100 heavy (non-hydrogen) atoms. The molecule has 2 N–H and O–H groups in total. The predicted octanol–water partition coefficient (Wildman–Crippen LogP) is 23.5. The third kappa shape index (κ3) is 48.0. The number of nitrogens with zero attached hydrogens (tertiary/aromatic N) is 4. The molecule has 0 bridgehead atoms. The molecule has 0 amide bonds. The van der Waals surface area contributed by atoms with Crippen LogP contribution < -0.4 is 9.98 Å². The maximum Gasteiger partial charge on any atom is 2.00 e. The maximum absolute atomic E-state index is 5.10. The van der Waals surface area contributed by atoms with Crippen LogP contribution in [0.25, 0.3) is 19.9 Å². The van der Waals surface area contributed by atoms with E-state index in [1.54, 1.807) is 28.4 Å². The summed E-state index contributed by atoms with van der Waals surface area (Å²) in [5.41, 5.74) is 19.8. The summed E-state index contributed by atoms with van der Waals surface area (Å²) in [6.07, 6.45) is 4.34. The van der Waals surface area contributed by atoms with Crippen LogP contribution in [-0.2, 0) is 18.9 Å². The van der Waals surface area contributed by atoms with Crippen molar-refractivity contribution in [2.45, 2.75) is 264 Å². The van der Waals surface area contributed by atoms with Gasteiger partial charge in [-0.1, -0.05) is 368 Å². The Hall–Kier alpha value is -2.33. The fourth-order valence-electron chi connectivity index (χ4n) is 10.9. The summed E-state index contributed by atoms with van der Waals surface area (Å²) in [5.74, 6) is 3.65. The molecule has 0 fully saturated rings. The number of ether oxygens (including phenoxy) is 4. The summed E-state index contributed by atoms with van der Waals surface area (Å²) < 4.78 is 28.3. The second kappa shape index (κ2) is 54.3. The van der Waals surface area contributed by atoms with Crippen molar-refractivity contribution >= 4 is 143 Å². The molecule has 0 aromatic heterocycles. The van der Waals surface area contributed by atoms with Gasteiger partial charge >= 0.3 is 75.5 Å². The van der Waals surface area contributed by atoms with Crippen molar-refractivity contribution in [2.24, 2.45) is 0 Å². The van der Waals surface area contributed by atoms with Gasteiger partial charge in [-0.3, -0.25) is 0 Å². The SMILES string of the molecule is CC(/C=C(/C)[N-]c1c(C(C)C)cccc1C(C)C)=[NH+]c1c(C(C)C)cccc1C(C)C.CC(/C=C(/C)[N-]c1c(C(C)C)cccc1C(C)C)=[NH+]c1c(C(C)C)cccc1C(C)C.COCCOC.COCCOC.C[Si](C)(C)[N-][Si](C)(C)C.C[Si](C)(C)[N-][Si](C)(C)C.[Ca+2].[Ca+2].c1ccccc1. The van der Waals surface area contributed by atoms with E-state index in [0.29, 0.717) is 73.8 Å². The van der Waals surface area contributed by atoms with Gasteiger partial charge in [0, 0.05) is 64.5 Å². The van der Waals surface area contributed by atoms with Crippen molar-refractivity contribution in [1.82, 2.24) is 0 Å². The standard InChI is InChI=1S/2C29H41N2.2C6H18NSi2.C6H6.2C4H10O2.2Ca/c2*1-18(2)24-13-11-14-25(19(3)4)28(24)30-22(9)17-23(10)31-29-26(20(5)6)15-12-16-27(29)21(7)8;2*1-8(2,3)7-9(4,5)6;1-2-4-6-5-3-1;2*1-5-3-4-6-2;;/h2*11-21H,1-10H3;2*1-6H3;1-6H;2*3-4H2,1-2H3;;/q4*-1;;;;2*+2/p+2/b2*22-17-,31-23?;;;;;;;. The number of hydrogen-bond acceptors (Lipinski definition) is 4. The van der Waals surface area contributed by atoms with Crippen LogP contribution in [0.1, 0.15) is 230 Å². The Morgan fingerprint density at radius 2 is 0.480 bits per heavy atom. The molecule has 554 valence electrons. The van der Waals surface area contributed by atoms with Crippen molar-refractivity contribution < 1.29 is 28.9 Å². The Kier molecular flexibility index (Phi) is 56.5. The first kappa shape index (κ1) is 104. The molecule has 10 nitrogen and oxygen atoms in total. The second-order valence-electron chi connectivity index (χ2n) is 31.9. The average Bonchev–Trinajstić information content (AvgIpc) is 0.836. The topological polar surface area (TPSA) is 121 Å². The van der Waals surface area contributed by atoms with Crippen molar-refractivity contribution in [2.75, 3.05) is 54.9 Å². The predicted molar refractivity (Wildman–Crippen MR) is 460 cm³/mol. The van der Waals surface area contributed by atoms with Crippen LogP contribution in [0.4, 0.5) is 22.7 Å². The average molecular weight is 1500 g/mol. The first-order valence-corrected chi connectivity index (χ1v) is 50.0. The van der Waals surface area contributed by atoms with Gasteiger partial charge in [-0.25, -0.2) is 9.98 Å². The van der Waals surface area contributed by atoms with E-state index in [9.17, 15) is 0 Å². The third-order valence-corrected chi connectivity index (χ3v) is 25.2. The van der Waals surface area contributed by atoms with Gasteiger partial charge in [0.05, 0.1) is 26.4 Å². The number of benzene rings is 5. The van der Waals surface area contributed by atoms with Crippen LogP contribution in [0.3, 0.4) is 0 Å². The smallest absolute Gasteiger partial charge is 0.668 e. The molecule has 16 heteroatoms. The Morgan fingerprint density at radius 1 is 0.310 bits per heavy atom.